The second kappa shape index (κ2) is 9.07. The van der Waals surface area contributed by atoms with E-state index in [1.165, 1.54) is 30.3 Å². The maximum absolute atomic E-state index is 12.6. The zero-order valence-electron chi connectivity index (χ0n) is 16.3. The molecule has 0 aliphatic rings. The van der Waals surface area contributed by atoms with Gasteiger partial charge >= 0.3 is 6.36 Å². The molecule has 0 atom stereocenters. The van der Waals surface area contributed by atoms with Gasteiger partial charge in [0, 0.05) is 23.4 Å². The largest absolute Gasteiger partial charge is 0.573 e. The molecule has 0 aliphatic carbocycles. The lowest BCUT2D eigenvalue weighted by molar-refractivity contribution is -0.274. The molecule has 0 aliphatic heterocycles. The summed E-state index contributed by atoms with van der Waals surface area (Å²) in [5, 5.41) is 15.9. The normalized spacial score (nSPS) is 11.5. The van der Waals surface area contributed by atoms with E-state index < -0.39 is 6.36 Å². The fraction of sp³-hybridized carbons (Fsp3) is 0.200. The van der Waals surface area contributed by atoms with E-state index >= 15 is 0 Å². The van der Waals surface area contributed by atoms with Crippen molar-refractivity contribution in [3.05, 3.63) is 52.5 Å². The van der Waals surface area contributed by atoms with Crippen LogP contribution in [0.4, 0.5) is 30.6 Å². The van der Waals surface area contributed by atoms with Crippen LogP contribution < -0.4 is 15.4 Å². The van der Waals surface area contributed by atoms with Crippen LogP contribution in [-0.4, -0.2) is 27.5 Å². The smallest absolute Gasteiger partial charge is 0.505 e. The summed E-state index contributed by atoms with van der Waals surface area (Å²) in [6, 6.07) is 9.92. The Kier molecular flexibility index (Phi) is 6.66. The highest BCUT2D eigenvalue weighted by Crippen LogP contribution is 2.36. The minimum absolute atomic E-state index is 0.000517. The van der Waals surface area contributed by atoms with Gasteiger partial charge in [-0.15, -0.1) is 13.2 Å². The van der Waals surface area contributed by atoms with Crippen molar-refractivity contribution in [2.75, 3.05) is 10.6 Å². The fourth-order valence-corrected chi connectivity index (χ4v) is 3.11. The molecule has 3 aromatic rings. The number of nitrogens with zero attached hydrogens (tertiary/aromatic N) is 2. The van der Waals surface area contributed by atoms with Crippen molar-refractivity contribution in [1.29, 1.82) is 0 Å². The predicted octanol–water partition coefficient (Wildman–Crippen LogP) is 6.62. The van der Waals surface area contributed by atoms with Crippen molar-refractivity contribution in [3.8, 4) is 22.8 Å². The van der Waals surface area contributed by atoms with Crippen molar-refractivity contribution in [1.82, 2.24) is 9.97 Å². The maximum Gasteiger partial charge on any atom is 0.573 e. The van der Waals surface area contributed by atoms with E-state index in [1.54, 1.807) is 12.1 Å². The number of aromatic nitrogens is 2. The van der Waals surface area contributed by atoms with Gasteiger partial charge in [-0.05, 0) is 38.1 Å². The second-order valence-corrected chi connectivity index (χ2v) is 7.56. The van der Waals surface area contributed by atoms with Gasteiger partial charge in [0.05, 0.1) is 15.7 Å². The SMILES string of the molecule is CC(C)Nc1nc(Nc2cc(Cl)c(O)c(Cl)c2)cc(-c2cccc(OC(F)(F)F)c2)n1. The second-order valence-electron chi connectivity index (χ2n) is 6.75. The van der Waals surface area contributed by atoms with E-state index in [0.717, 1.165) is 0 Å². The summed E-state index contributed by atoms with van der Waals surface area (Å²) in [6.45, 7) is 3.78. The summed E-state index contributed by atoms with van der Waals surface area (Å²) in [6.07, 6.45) is -4.81. The van der Waals surface area contributed by atoms with Crippen LogP contribution in [0, 0.1) is 0 Å². The van der Waals surface area contributed by atoms with Gasteiger partial charge in [0.25, 0.3) is 0 Å². The first-order valence-corrected chi connectivity index (χ1v) is 9.72. The monoisotopic (exact) mass is 472 g/mol. The summed E-state index contributed by atoms with van der Waals surface area (Å²) in [7, 11) is 0. The molecule has 0 amide bonds. The first-order valence-electron chi connectivity index (χ1n) is 8.97. The van der Waals surface area contributed by atoms with Crippen LogP contribution in [0.15, 0.2) is 42.5 Å². The number of phenolic OH excluding ortho intramolecular Hbond substituents is 1. The van der Waals surface area contributed by atoms with Crippen LogP contribution >= 0.6 is 23.2 Å². The number of nitrogens with one attached hydrogen (secondary N) is 2. The third-order valence-corrected chi connectivity index (χ3v) is 4.37. The molecule has 0 unspecified atom stereocenters. The van der Waals surface area contributed by atoms with Gasteiger partial charge in [-0.25, -0.2) is 4.98 Å². The van der Waals surface area contributed by atoms with Crippen LogP contribution in [-0.2, 0) is 0 Å². The molecule has 0 saturated heterocycles. The van der Waals surface area contributed by atoms with Crippen molar-refractivity contribution in [2.45, 2.75) is 26.3 Å². The lowest BCUT2D eigenvalue weighted by atomic mass is 10.1. The van der Waals surface area contributed by atoms with Gasteiger partial charge in [-0.2, -0.15) is 4.98 Å². The quantitative estimate of drug-likeness (QED) is 0.350. The Labute approximate surface area is 186 Å². The average molecular weight is 473 g/mol. The molecule has 3 rings (SSSR count). The molecule has 1 aromatic heterocycles. The molecule has 0 fully saturated rings. The number of ether oxygens (including phenoxy) is 1. The number of halogens is 5. The summed E-state index contributed by atoms with van der Waals surface area (Å²) >= 11 is 11.9. The minimum atomic E-state index is -4.81. The topological polar surface area (TPSA) is 79.3 Å². The molecule has 164 valence electrons. The first-order chi connectivity index (χ1) is 14.5. The molecule has 31 heavy (non-hydrogen) atoms. The molecule has 0 spiro atoms. The Hall–Kier alpha value is -2.91. The summed E-state index contributed by atoms with van der Waals surface area (Å²) in [4.78, 5) is 8.75. The summed E-state index contributed by atoms with van der Waals surface area (Å²) in [5.41, 5.74) is 1.19. The third-order valence-electron chi connectivity index (χ3n) is 3.80. The van der Waals surface area contributed by atoms with E-state index in [4.69, 9.17) is 23.2 Å². The van der Waals surface area contributed by atoms with E-state index in [-0.39, 0.29) is 33.5 Å². The molecule has 3 N–H and O–H groups in total. The zero-order valence-corrected chi connectivity index (χ0v) is 17.8. The molecule has 1 heterocycles. The molecule has 2 aromatic carbocycles. The van der Waals surface area contributed by atoms with Crippen LogP contribution in [0.5, 0.6) is 11.5 Å². The van der Waals surface area contributed by atoms with Crippen molar-refractivity contribution >= 4 is 40.7 Å². The van der Waals surface area contributed by atoms with Gasteiger partial charge in [0.1, 0.15) is 11.6 Å². The van der Waals surface area contributed by atoms with E-state index in [1.807, 2.05) is 13.8 Å². The average Bonchev–Trinajstić information content (AvgIpc) is 2.64. The number of anilines is 3. The number of benzene rings is 2. The van der Waals surface area contributed by atoms with Gasteiger partial charge in [0.2, 0.25) is 5.95 Å². The lowest BCUT2D eigenvalue weighted by Crippen LogP contribution is -2.17. The molecule has 6 nitrogen and oxygen atoms in total. The van der Waals surface area contributed by atoms with Crippen molar-refractivity contribution < 1.29 is 23.0 Å². The molecule has 0 bridgehead atoms. The highest BCUT2D eigenvalue weighted by molar-refractivity contribution is 6.37. The van der Waals surface area contributed by atoms with Crippen molar-refractivity contribution in [2.24, 2.45) is 0 Å². The Bertz CT molecular complexity index is 1070. The third kappa shape index (κ3) is 6.28. The molecular weight excluding hydrogens is 456 g/mol. The summed E-state index contributed by atoms with van der Waals surface area (Å²) < 4.78 is 41.7. The predicted molar refractivity (Wildman–Crippen MR) is 114 cm³/mol. The number of hydrogen-bond acceptors (Lipinski definition) is 6. The van der Waals surface area contributed by atoms with Crippen molar-refractivity contribution in [3.63, 3.8) is 0 Å². The highest BCUT2D eigenvalue weighted by atomic mass is 35.5. The van der Waals surface area contributed by atoms with E-state index in [9.17, 15) is 18.3 Å². The number of aromatic hydroxyl groups is 1. The number of rotatable bonds is 6. The van der Waals surface area contributed by atoms with Crippen LogP contribution in [0.3, 0.4) is 0 Å². The number of hydrogen-bond donors (Lipinski definition) is 3. The lowest BCUT2D eigenvalue weighted by Gasteiger charge is -2.14. The van der Waals surface area contributed by atoms with Crippen LogP contribution in [0.2, 0.25) is 10.0 Å². The molecule has 0 saturated carbocycles. The Balaban J connectivity index is 2.01. The highest BCUT2D eigenvalue weighted by Gasteiger charge is 2.31. The minimum Gasteiger partial charge on any atom is -0.505 e. The molecular formula is C20H17Cl2F3N4O2. The Morgan fingerprint density at radius 1 is 1.03 bits per heavy atom. The summed E-state index contributed by atoms with van der Waals surface area (Å²) in [5.74, 6) is -0.0317. The molecule has 0 radical (unpaired) electrons. The van der Waals surface area contributed by atoms with E-state index in [2.05, 4.69) is 25.3 Å². The number of phenols is 1. The van der Waals surface area contributed by atoms with Crippen LogP contribution in [0.25, 0.3) is 11.3 Å². The Morgan fingerprint density at radius 3 is 2.32 bits per heavy atom. The Morgan fingerprint density at radius 2 is 1.71 bits per heavy atom. The first kappa shape index (κ1) is 22.8. The fourth-order valence-electron chi connectivity index (χ4n) is 2.62. The molecule has 11 heteroatoms. The van der Waals surface area contributed by atoms with Gasteiger partial charge < -0.3 is 20.5 Å². The van der Waals surface area contributed by atoms with E-state index in [0.29, 0.717) is 22.8 Å². The standard InChI is InChI=1S/C20H17Cl2F3N4O2/c1-10(2)26-19-28-16(11-4-3-5-13(6-11)31-20(23,24)25)9-17(29-19)27-12-7-14(21)18(30)15(22)8-12/h3-10,30H,1-2H3,(H2,26,27,28,29). The van der Waals surface area contributed by atoms with Gasteiger partial charge in [0.15, 0.2) is 5.75 Å². The number of alkyl halides is 3. The maximum atomic E-state index is 12.6. The van der Waals surface area contributed by atoms with Crippen LogP contribution in [0.1, 0.15) is 13.8 Å². The van der Waals surface area contributed by atoms with Gasteiger partial charge in [-0.1, -0.05) is 35.3 Å². The van der Waals surface area contributed by atoms with Gasteiger partial charge in [-0.3, -0.25) is 0 Å². The zero-order chi connectivity index (χ0) is 22.8.